The number of hydrogen-bond donors (Lipinski definition) is 0. The van der Waals surface area contributed by atoms with Crippen molar-refractivity contribution >= 4 is 33.4 Å². The van der Waals surface area contributed by atoms with Crippen molar-refractivity contribution in [1.82, 2.24) is 0 Å². The van der Waals surface area contributed by atoms with Gasteiger partial charge in [0.15, 0.2) is 9.79 Å². The van der Waals surface area contributed by atoms with Crippen LogP contribution in [0.1, 0.15) is 11.1 Å². The molecule has 0 saturated carbocycles. The van der Waals surface area contributed by atoms with Gasteiger partial charge in [-0.1, -0.05) is 140 Å². The number of hydrogen-bond acceptors (Lipinski definition) is 1. The van der Waals surface area contributed by atoms with Crippen molar-refractivity contribution in [2.45, 2.75) is 15.5 Å². The van der Waals surface area contributed by atoms with E-state index in [1.807, 2.05) is 12.1 Å². The summed E-state index contributed by atoms with van der Waals surface area (Å²) in [7, 11) is 0.00631. The number of nitrogens with zero attached hydrogens (tertiary/aromatic N) is 1. The van der Waals surface area contributed by atoms with Crippen LogP contribution in [0, 0.1) is 11.3 Å². The lowest BCUT2D eigenvalue weighted by Gasteiger charge is -2.40. The normalized spacial score (nSPS) is 10.7. The van der Waals surface area contributed by atoms with Gasteiger partial charge in [0.2, 0.25) is 0 Å². The van der Waals surface area contributed by atoms with E-state index in [1.165, 1.54) is 31.7 Å². The van der Waals surface area contributed by atoms with E-state index < -0.39 is 6.15 Å². The second-order valence-electron chi connectivity index (χ2n) is 10.4. The summed E-state index contributed by atoms with van der Waals surface area (Å²) >= 11 is 0. The molecule has 0 aliphatic carbocycles. The Morgan fingerprint density at radius 2 is 0.860 bits per heavy atom. The molecule has 0 radical (unpaired) electrons. The van der Waals surface area contributed by atoms with Crippen molar-refractivity contribution in [3.05, 3.63) is 200 Å². The molecule has 43 heavy (non-hydrogen) atoms. The first-order valence-electron chi connectivity index (χ1n) is 14.5. The SMILES string of the molecule is C=C[B-](c1ccccc1)(c1ccccc1)c1ccccc1.N#Cc1ccc(C[S+](c2ccccc2)c2ccccc2)cc1. The largest absolute Gasteiger partial charge is 0.239 e. The van der Waals surface area contributed by atoms with E-state index in [0.29, 0.717) is 5.56 Å². The van der Waals surface area contributed by atoms with Crippen LogP contribution in [0.2, 0.25) is 0 Å². The maximum Gasteiger partial charge on any atom is 0.161 e. The van der Waals surface area contributed by atoms with Crippen LogP contribution in [-0.2, 0) is 16.6 Å². The van der Waals surface area contributed by atoms with Crippen molar-refractivity contribution in [2.75, 3.05) is 0 Å². The highest BCUT2D eigenvalue weighted by atomic mass is 32.2. The van der Waals surface area contributed by atoms with Gasteiger partial charge in [0.25, 0.3) is 0 Å². The van der Waals surface area contributed by atoms with Gasteiger partial charge in [-0.15, -0.1) is 6.58 Å². The molecule has 6 rings (SSSR count). The average Bonchev–Trinajstić information content (AvgIpc) is 3.10. The van der Waals surface area contributed by atoms with Crippen molar-refractivity contribution < 1.29 is 0 Å². The van der Waals surface area contributed by atoms with Gasteiger partial charge in [0, 0.05) is 5.56 Å². The molecule has 208 valence electrons. The minimum atomic E-state index is -1.13. The summed E-state index contributed by atoms with van der Waals surface area (Å²) in [6.45, 7) is 4.19. The summed E-state index contributed by atoms with van der Waals surface area (Å²) in [5.74, 6) is 3.07. The maximum absolute atomic E-state index is 8.92. The monoisotopic (exact) mass is 571 g/mol. The highest BCUT2D eigenvalue weighted by Crippen LogP contribution is 2.27. The molecule has 0 atom stereocenters. The van der Waals surface area contributed by atoms with Crippen LogP contribution in [-0.4, -0.2) is 6.15 Å². The molecule has 6 aromatic carbocycles. The molecule has 0 spiro atoms. The van der Waals surface area contributed by atoms with Gasteiger partial charge in [-0.25, -0.2) is 5.98 Å². The van der Waals surface area contributed by atoms with Gasteiger partial charge in [-0.3, -0.25) is 0 Å². The third kappa shape index (κ3) is 7.07. The quantitative estimate of drug-likeness (QED) is 0.136. The summed E-state index contributed by atoms with van der Waals surface area (Å²) in [6, 6.07) is 63.3. The Morgan fingerprint density at radius 3 is 1.19 bits per heavy atom. The Morgan fingerprint density at radius 1 is 0.512 bits per heavy atom. The minimum Gasteiger partial charge on any atom is -0.239 e. The molecule has 0 aliphatic heterocycles. The molecule has 0 fully saturated rings. The van der Waals surface area contributed by atoms with E-state index in [4.69, 9.17) is 5.26 Å². The van der Waals surface area contributed by atoms with Crippen molar-refractivity contribution in [3.63, 3.8) is 0 Å². The topological polar surface area (TPSA) is 23.8 Å². The smallest absolute Gasteiger partial charge is 0.161 e. The first-order valence-corrected chi connectivity index (χ1v) is 15.9. The first kappa shape index (κ1) is 29.5. The maximum atomic E-state index is 8.92. The van der Waals surface area contributed by atoms with Gasteiger partial charge < -0.3 is 0 Å². The molecule has 0 saturated heterocycles. The van der Waals surface area contributed by atoms with Crippen LogP contribution in [0.15, 0.2) is 198 Å². The summed E-state index contributed by atoms with van der Waals surface area (Å²) in [5.41, 5.74) is 5.86. The molecule has 0 aromatic heterocycles. The fourth-order valence-electron chi connectivity index (χ4n) is 5.57. The summed E-state index contributed by atoms with van der Waals surface area (Å²) < 4.78 is 0. The molecular formula is C40H34BNS. The van der Waals surface area contributed by atoms with E-state index >= 15 is 0 Å². The van der Waals surface area contributed by atoms with E-state index in [9.17, 15) is 0 Å². The van der Waals surface area contributed by atoms with E-state index in [-0.39, 0.29) is 10.9 Å². The highest BCUT2D eigenvalue weighted by Gasteiger charge is 2.26. The van der Waals surface area contributed by atoms with Crippen LogP contribution >= 0.6 is 0 Å². The van der Waals surface area contributed by atoms with E-state index in [1.54, 1.807) is 0 Å². The van der Waals surface area contributed by atoms with Crippen LogP contribution in [0.3, 0.4) is 0 Å². The number of benzene rings is 6. The molecule has 0 amide bonds. The zero-order valence-electron chi connectivity index (χ0n) is 24.2. The lowest BCUT2D eigenvalue weighted by atomic mass is 9.16. The molecule has 0 N–H and O–H groups in total. The lowest BCUT2D eigenvalue weighted by molar-refractivity contribution is 1.30. The number of nitriles is 1. The van der Waals surface area contributed by atoms with Crippen molar-refractivity contribution in [1.29, 1.82) is 5.26 Å². The fourth-order valence-corrected chi connectivity index (χ4v) is 7.67. The predicted octanol–water partition coefficient (Wildman–Crippen LogP) is 7.68. The zero-order valence-corrected chi connectivity index (χ0v) is 25.0. The Bertz CT molecular complexity index is 1600. The molecule has 0 aliphatic rings. The molecule has 0 heterocycles. The zero-order chi connectivity index (χ0) is 29.7. The van der Waals surface area contributed by atoms with Crippen LogP contribution in [0.4, 0.5) is 0 Å². The highest BCUT2D eigenvalue weighted by molar-refractivity contribution is 7.96. The second kappa shape index (κ2) is 14.7. The minimum absolute atomic E-state index is 0.00631. The lowest BCUT2D eigenvalue weighted by Crippen LogP contribution is -2.65. The van der Waals surface area contributed by atoms with Gasteiger partial charge in [0.1, 0.15) is 5.75 Å². The van der Waals surface area contributed by atoms with Crippen LogP contribution in [0.5, 0.6) is 0 Å². The van der Waals surface area contributed by atoms with Crippen molar-refractivity contribution in [3.8, 4) is 6.07 Å². The van der Waals surface area contributed by atoms with Gasteiger partial charge in [0.05, 0.1) is 28.7 Å². The Labute approximate surface area is 259 Å². The predicted molar refractivity (Wildman–Crippen MR) is 186 cm³/mol. The Balaban J connectivity index is 0.000000171. The molecule has 6 aromatic rings. The molecule has 3 heteroatoms. The van der Waals surface area contributed by atoms with Gasteiger partial charge in [-0.05, 0) is 36.4 Å². The molecule has 1 nitrogen and oxygen atoms in total. The molecule has 0 unspecified atom stereocenters. The first-order chi connectivity index (χ1) is 21.2. The molecule has 0 bridgehead atoms. The third-order valence-electron chi connectivity index (χ3n) is 7.78. The molecular weight excluding hydrogens is 537 g/mol. The fraction of sp³-hybridized carbons (Fsp3) is 0.0250. The summed E-state index contributed by atoms with van der Waals surface area (Å²) in [4.78, 5) is 2.69. The summed E-state index contributed by atoms with van der Waals surface area (Å²) in [6.07, 6.45) is -1.13. The van der Waals surface area contributed by atoms with Crippen LogP contribution < -0.4 is 16.4 Å². The second-order valence-corrected chi connectivity index (χ2v) is 12.4. The third-order valence-corrected chi connectivity index (χ3v) is 10.1. The standard InChI is InChI=1S/C20H18B.C20H16NS/c1-2-21(18-12-6-3-7-13-18,19-14-8-4-9-15-19)20-16-10-5-11-17-20;21-15-17-11-13-18(14-12-17)16-22(19-7-3-1-4-8-19)20-9-5-2-6-10-20/h2-17H,1H2;1-14H,16H2/q-1;+1. The summed E-state index contributed by atoms with van der Waals surface area (Å²) in [5, 5.41) is 8.92. The number of rotatable bonds is 8. The van der Waals surface area contributed by atoms with Gasteiger partial charge in [-0.2, -0.15) is 21.7 Å². The Kier molecular flexibility index (Phi) is 10.1. The van der Waals surface area contributed by atoms with Gasteiger partial charge >= 0.3 is 0 Å². The van der Waals surface area contributed by atoms with Crippen LogP contribution in [0.25, 0.3) is 0 Å². The van der Waals surface area contributed by atoms with E-state index in [2.05, 4.69) is 182 Å². The van der Waals surface area contributed by atoms with Crippen molar-refractivity contribution in [2.24, 2.45) is 0 Å². The van der Waals surface area contributed by atoms with E-state index in [0.717, 1.165) is 5.75 Å². The average molecular weight is 572 g/mol. The Hall–Kier alpha value is -5.04.